The molecule has 0 saturated heterocycles. The van der Waals surface area contributed by atoms with Crippen LogP contribution in [0.1, 0.15) is 73.5 Å². The molecule has 11 heteroatoms. The van der Waals surface area contributed by atoms with Gasteiger partial charge in [0.2, 0.25) is 23.6 Å². The molecule has 3 atom stereocenters. The van der Waals surface area contributed by atoms with Gasteiger partial charge in [-0.3, -0.25) is 29.0 Å². The highest BCUT2D eigenvalue weighted by Crippen LogP contribution is 2.14. The second-order valence-corrected chi connectivity index (χ2v) is 13.0. The van der Waals surface area contributed by atoms with Crippen LogP contribution in [0.15, 0.2) is 79.1 Å². The first-order valence-electron chi connectivity index (χ1n) is 17.1. The van der Waals surface area contributed by atoms with E-state index >= 15 is 0 Å². The van der Waals surface area contributed by atoms with Crippen molar-refractivity contribution < 1.29 is 24.0 Å². The maximum atomic E-state index is 13.7. The number of rotatable bonds is 7. The van der Waals surface area contributed by atoms with Gasteiger partial charge in [-0.2, -0.15) is 0 Å². The van der Waals surface area contributed by atoms with Crippen molar-refractivity contribution in [3.05, 3.63) is 101 Å². The minimum absolute atomic E-state index is 0.00449. The molecular formula is C38H48N6O5. The molecule has 5 amide bonds. The van der Waals surface area contributed by atoms with Gasteiger partial charge in [0.15, 0.2) is 0 Å². The van der Waals surface area contributed by atoms with Crippen LogP contribution in [-0.4, -0.2) is 70.6 Å². The number of amides is 5. The zero-order chi connectivity index (χ0) is 35.2. The normalized spacial score (nSPS) is 20.1. The van der Waals surface area contributed by atoms with E-state index in [0.29, 0.717) is 57.3 Å². The summed E-state index contributed by atoms with van der Waals surface area (Å²) in [6.45, 7) is 6.71. The Balaban J connectivity index is 1.57. The van der Waals surface area contributed by atoms with Gasteiger partial charge in [-0.05, 0) is 73.4 Å². The van der Waals surface area contributed by atoms with Crippen molar-refractivity contribution in [2.75, 3.05) is 13.1 Å². The monoisotopic (exact) mass is 668 g/mol. The highest BCUT2D eigenvalue weighted by molar-refractivity contribution is 5.99. The Morgan fingerprint density at radius 2 is 1.55 bits per heavy atom. The van der Waals surface area contributed by atoms with Crippen molar-refractivity contribution in [1.29, 1.82) is 0 Å². The summed E-state index contributed by atoms with van der Waals surface area (Å²) in [5, 5.41) is 11.3. The largest absolute Gasteiger partial charge is 0.354 e. The van der Waals surface area contributed by atoms with Gasteiger partial charge in [0, 0.05) is 50.4 Å². The zero-order valence-corrected chi connectivity index (χ0v) is 28.6. The number of nitrogens with one attached hydrogen (secondary N) is 4. The standard InChI is InChI=1S/C38H48N6O5/c1-26(2)22-32-37(48)41-27(3)35(46)40-20-7-8-21-44(34(45)18-15-29-12-9-19-39-24-29)25-30-13-16-31(17-14-30)36(47)42-33(38(49)43-32)23-28-10-5-4-6-11-28/h4-6,9-14,16-17,19,24,26-27,32-33H,7-8,15,18,20-23,25H2,1-3H3,(H,40,46)(H,41,48)(H,42,47)(H,43,49)/t27-,32+,33-/m1/s1. The van der Waals surface area contributed by atoms with E-state index in [2.05, 4.69) is 26.3 Å². The number of carbonyl (C=O) groups is 5. The SMILES string of the molecule is CC(C)C[C@@H]1NC(=O)[C@@H](Cc2ccccc2)NC(=O)c2ccc(cc2)CN(C(=O)CCc2cccnc2)CCCCNC(=O)[C@@H](C)NC1=O. The lowest BCUT2D eigenvalue weighted by atomic mass is 10.0. The number of hydrogen-bond donors (Lipinski definition) is 4. The Morgan fingerprint density at radius 3 is 2.24 bits per heavy atom. The molecule has 0 aliphatic carbocycles. The van der Waals surface area contributed by atoms with Crippen LogP contribution in [-0.2, 0) is 38.6 Å². The van der Waals surface area contributed by atoms with E-state index in [4.69, 9.17) is 0 Å². The van der Waals surface area contributed by atoms with Gasteiger partial charge >= 0.3 is 0 Å². The molecule has 0 saturated carbocycles. The molecule has 4 N–H and O–H groups in total. The summed E-state index contributed by atoms with van der Waals surface area (Å²) in [4.78, 5) is 72.8. The summed E-state index contributed by atoms with van der Waals surface area (Å²) in [5.41, 5.74) is 3.05. The van der Waals surface area contributed by atoms with E-state index in [-0.39, 0.29) is 24.2 Å². The summed E-state index contributed by atoms with van der Waals surface area (Å²) in [5.74, 6) is -1.69. The third-order valence-electron chi connectivity index (χ3n) is 8.44. The first kappa shape index (κ1) is 36.8. The molecule has 3 aromatic rings. The van der Waals surface area contributed by atoms with Crippen LogP contribution in [0.3, 0.4) is 0 Å². The smallest absolute Gasteiger partial charge is 0.251 e. The number of pyridine rings is 1. The summed E-state index contributed by atoms with van der Waals surface area (Å²) in [6, 6.07) is 17.4. The Kier molecular flexibility index (Phi) is 13.9. The predicted molar refractivity (Wildman–Crippen MR) is 187 cm³/mol. The maximum Gasteiger partial charge on any atom is 0.251 e. The van der Waals surface area contributed by atoms with Gasteiger partial charge in [-0.25, -0.2) is 0 Å². The van der Waals surface area contributed by atoms with Crippen molar-refractivity contribution in [2.24, 2.45) is 5.92 Å². The number of aryl methyl sites for hydroxylation is 1. The van der Waals surface area contributed by atoms with Crippen LogP contribution in [0.4, 0.5) is 0 Å². The molecule has 3 heterocycles. The minimum atomic E-state index is -0.972. The molecule has 0 unspecified atom stereocenters. The quantitative estimate of drug-likeness (QED) is 0.284. The minimum Gasteiger partial charge on any atom is -0.354 e. The maximum absolute atomic E-state index is 13.7. The van der Waals surface area contributed by atoms with Crippen LogP contribution in [0, 0.1) is 5.92 Å². The molecule has 2 aliphatic heterocycles. The fourth-order valence-corrected chi connectivity index (χ4v) is 5.68. The van der Waals surface area contributed by atoms with Crippen LogP contribution in [0.2, 0.25) is 0 Å². The van der Waals surface area contributed by atoms with Gasteiger partial charge in [0.05, 0.1) is 0 Å². The molecule has 1 aromatic heterocycles. The first-order chi connectivity index (χ1) is 23.6. The Bertz CT molecular complexity index is 1550. The van der Waals surface area contributed by atoms with Gasteiger partial charge in [0.25, 0.3) is 5.91 Å². The van der Waals surface area contributed by atoms with Crippen molar-refractivity contribution in [3.63, 3.8) is 0 Å². The lowest BCUT2D eigenvalue weighted by molar-refractivity contribution is -0.132. The van der Waals surface area contributed by atoms with Crippen LogP contribution >= 0.6 is 0 Å². The molecule has 0 spiro atoms. The van der Waals surface area contributed by atoms with Crippen molar-refractivity contribution in [3.8, 4) is 0 Å². The first-order valence-corrected chi connectivity index (χ1v) is 17.1. The number of hydrogen-bond acceptors (Lipinski definition) is 6. The van der Waals surface area contributed by atoms with Crippen LogP contribution in [0.5, 0.6) is 0 Å². The topological polar surface area (TPSA) is 150 Å². The van der Waals surface area contributed by atoms with Crippen LogP contribution < -0.4 is 21.3 Å². The summed E-state index contributed by atoms with van der Waals surface area (Å²) >= 11 is 0. The molecular weight excluding hydrogens is 620 g/mol. The van der Waals surface area contributed by atoms with E-state index < -0.39 is 35.8 Å². The molecule has 2 bridgehead atoms. The van der Waals surface area contributed by atoms with Gasteiger partial charge in [0.1, 0.15) is 18.1 Å². The zero-order valence-electron chi connectivity index (χ0n) is 28.6. The average Bonchev–Trinajstić information content (AvgIpc) is 3.09. The molecule has 5 rings (SSSR count). The second kappa shape index (κ2) is 18.5. The molecule has 0 radical (unpaired) electrons. The molecule has 260 valence electrons. The molecule has 2 aliphatic rings. The van der Waals surface area contributed by atoms with E-state index in [1.54, 1.807) is 36.4 Å². The lowest BCUT2D eigenvalue weighted by Crippen LogP contribution is -2.57. The summed E-state index contributed by atoms with van der Waals surface area (Å²) < 4.78 is 0. The number of carbonyl (C=O) groups excluding carboxylic acids is 5. The molecule has 49 heavy (non-hydrogen) atoms. The number of nitrogens with zero attached hydrogens (tertiary/aromatic N) is 2. The van der Waals surface area contributed by atoms with Gasteiger partial charge in [-0.15, -0.1) is 0 Å². The van der Waals surface area contributed by atoms with Crippen molar-refractivity contribution in [1.82, 2.24) is 31.2 Å². The lowest BCUT2D eigenvalue weighted by Gasteiger charge is -2.25. The summed E-state index contributed by atoms with van der Waals surface area (Å²) in [7, 11) is 0. The van der Waals surface area contributed by atoms with E-state index in [9.17, 15) is 24.0 Å². The Morgan fingerprint density at radius 1 is 0.837 bits per heavy atom. The summed E-state index contributed by atoms with van der Waals surface area (Å²) in [6.07, 6.45) is 6.19. The fourth-order valence-electron chi connectivity index (χ4n) is 5.68. The third kappa shape index (κ3) is 11.8. The van der Waals surface area contributed by atoms with E-state index in [0.717, 1.165) is 16.7 Å². The van der Waals surface area contributed by atoms with E-state index in [1.807, 2.05) is 68.4 Å². The van der Waals surface area contributed by atoms with E-state index in [1.165, 1.54) is 0 Å². The van der Waals surface area contributed by atoms with Crippen molar-refractivity contribution >= 4 is 29.5 Å². The molecule has 2 aromatic carbocycles. The highest BCUT2D eigenvalue weighted by Gasteiger charge is 2.29. The Hall–Kier alpha value is -5.06. The third-order valence-corrected chi connectivity index (χ3v) is 8.44. The number of aromatic nitrogens is 1. The number of benzene rings is 2. The average molecular weight is 669 g/mol. The van der Waals surface area contributed by atoms with Gasteiger partial charge < -0.3 is 26.2 Å². The predicted octanol–water partition coefficient (Wildman–Crippen LogP) is 3.33. The second-order valence-electron chi connectivity index (χ2n) is 13.0. The highest BCUT2D eigenvalue weighted by atomic mass is 16.2. The Labute approximate surface area is 288 Å². The molecule has 0 fully saturated rings. The number of fused-ring (bicyclic) bond motifs is 18. The van der Waals surface area contributed by atoms with Crippen molar-refractivity contribution in [2.45, 2.75) is 84.0 Å². The molecule has 11 nitrogen and oxygen atoms in total. The van der Waals surface area contributed by atoms with Gasteiger partial charge in [-0.1, -0.05) is 62.4 Å². The fraction of sp³-hybridized carbons (Fsp3) is 0.421. The van der Waals surface area contributed by atoms with Crippen LogP contribution in [0.25, 0.3) is 0 Å².